The molecule has 1 aliphatic heterocycles. The van der Waals surface area contributed by atoms with E-state index in [1.165, 1.54) is 18.3 Å². The predicted octanol–water partition coefficient (Wildman–Crippen LogP) is 4.14. The fourth-order valence-electron chi connectivity index (χ4n) is 3.90. The molecule has 0 N–H and O–H groups in total. The molecule has 0 aromatic heterocycles. The maximum Gasteiger partial charge on any atom is 0.333 e. The van der Waals surface area contributed by atoms with Gasteiger partial charge in [-0.3, -0.25) is 4.79 Å². The van der Waals surface area contributed by atoms with Crippen molar-refractivity contribution in [3.05, 3.63) is 34.9 Å². The zero-order valence-corrected chi connectivity index (χ0v) is 17.0. The highest BCUT2D eigenvalue weighted by Gasteiger charge is 2.43. The SMILES string of the molecule is COCC1C(=O)OC2C/C(C)=C/C/C=C(\C(=O)OC)CC/C=C(\C)CCC21. The summed E-state index contributed by atoms with van der Waals surface area (Å²) in [6.07, 6.45) is 10.8. The normalized spacial score (nSPS) is 33.3. The van der Waals surface area contributed by atoms with Crippen LogP contribution in [-0.2, 0) is 23.8 Å². The van der Waals surface area contributed by atoms with E-state index in [0.717, 1.165) is 25.7 Å². The topological polar surface area (TPSA) is 61.8 Å². The number of allylic oxidation sites excluding steroid dienone is 4. The number of esters is 2. The van der Waals surface area contributed by atoms with Crippen LogP contribution in [0.15, 0.2) is 34.9 Å². The maximum absolute atomic E-state index is 12.3. The Labute approximate surface area is 162 Å². The first-order chi connectivity index (χ1) is 13.0. The second-order valence-electron chi connectivity index (χ2n) is 7.54. The zero-order valence-electron chi connectivity index (χ0n) is 17.0. The molecule has 0 aromatic rings. The van der Waals surface area contributed by atoms with Gasteiger partial charge in [-0.1, -0.05) is 29.4 Å². The highest BCUT2D eigenvalue weighted by molar-refractivity contribution is 5.88. The Bertz CT molecular complexity index is 629. The number of hydrogen-bond acceptors (Lipinski definition) is 5. The molecular formula is C22H32O5. The van der Waals surface area contributed by atoms with E-state index in [0.29, 0.717) is 25.0 Å². The molecule has 0 spiro atoms. The van der Waals surface area contributed by atoms with Crippen LogP contribution in [-0.4, -0.2) is 38.9 Å². The standard InChI is InChI=1S/C22H32O5/c1-15-7-5-9-17(21(23)26-4)10-6-8-16(2)13-20-18(12-11-15)19(14-25-3)22(24)27-20/h7-8,10,18-20H,5-6,9,11-14H2,1-4H3/b15-7+,16-8+,17-10-. The summed E-state index contributed by atoms with van der Waals surface area (Å²) in [5.74, 6) is -0.405. The summed E-state index contributed by atoms with van der Waals surface area (Å²) in [4.78, 5) is 24.3. The van der Waals surface area contributed by atoms with Gasteiger partial charge in [0, 0.05) is 25.0 Å². The first-order valence-corrected chi connectivity index (χ1v) is 9.74. The van der Waals surface area contributed by atoms with Gasteiger partial charge < -0.3 is 14.2 Å². The van der Waals surface area contributed by atoms with Crippen LogP contribution in [0.3, 0.4) is 0 Å². The molecule has 5 heteroatoms. The average molecular weight is 376 g/mol. The molecule has 0 bridgehead atoms. The summed E-state index contributed by atoms with van der Waals surface area (Å²) in [5.41, 5.74) is 3.16. The van der Waals surface area contributed by atoms with Crippen LogP contribution >= 0.6 is 0 Å². The minimum absolute atomic E-state index is 0.103. The van der Waals surface area contributed by atoms with Crippen molar-refractivity contribution in [1.29, 1.82) is 0 Å². The first kappa shape index (κ1) is 21.4. The minimum Gasteiger partial charge on any atom is -0.466 e. The van der Waals surface area contributed by atoms with Gasteiger partial charge in [-0.2, -0.15) is 0 Å². The lowest BCUT2D eigenvalue weighted by atomic mass is 9.83. The Kier molecular flexibility index (Phi) is 8.29. The Morgan fingerprint density at radius 2 is 1.93 bits per heavy atom. The van der Waals surface area contributed by atoms with Crippen molar-refractivity contribution in [2.45, 2.75) is 58.5 Å². The van der Waals surface area contributed by atoms with E-state index >= 15 is 0 Å². The maximum atomic E-state index is 12.3. The van der Waals surface area contributed by atoms with E-state index < -0.39 is 0 Å². The number of methoxy groups -OCH3 is 2. The van der Waals surface area contributed by atoms with Crippen LogP contribution in [0, 0.1) is 11.8 Å². The van der Waals surface area contributed by atoms with Crippen molar-refractivity contribution < 1.29 is 23.8 Å². The van der Waals surface area contributed by atoms with Crippen LogP contribution in [0.2, 0.25) is 0 Å². The molecule has 2 aliphatic rings. The molecule has 2 rings (SSSR count). The van der Waals surface area contributed by atoms with Gasteiger partial charge in [-0.05, 0) is 46.0 Å². The van der Waals surface area contributed by atoms with E-state index in [4.69, 9.17) is 14.2 Å². The average Bonchev–Trinajstić information content (AvgIpc) is 2.92. The zero-order chi connectivity index (χ0) is 19.8. The van der Waals surface area contributed by atoms with E-state index in [9.17, 15) is 9.59 Å². The van der Waals surface area contributed by atoms with E-state index in [2.05, 4.69) is 26.0 Å². The van der Waals surface area contributed by atoms with Crippen molar-refractivity contribution in [2.24, 2.45) is 11.8 Å². The van der Waals surface area contributed by atoms with Crippen molar-refractivity contribution in [3.63, 3.8) is 0 Å². The molecule has 1 saturated heterocycles. The number of carbonyl (C=O) groups excluding carboxylic acids is 2. The van der Waals surface area contributed by atoms with Crippen LogP contribution in [0.1, 0.15) is 52.4 Å². The number of carbonyl (C=O) groups is 2. The summed E-state index contributed by atoms with van der Waals surface area (Å²) in [6, 6.07) is 0. The summed E-state index contributed by atoms with van der Waals surface area (Å²) in [7, 11) is 3.05. The van der Waals surface area contributed by atoms with Gasteiger partial charge in [0.25, 0.3) is 0 Å². The summed E-state index contributed by atoms with van der Waals surface area (Å²) in [6.45, 7) is 4.57. The van der Waals surface area contributed by atoms with Gasteiger partial charge in [0.1, 0.15) is 6.10 Å². The van der Waals surface area contributed by atoms with Crippen LogP contribution in [0.4, 0.5) is 0 Å². The molecule has 1 fully saturated rings. The summed E-state index contributed by atoms with van der Waals surface area (Å²) >= 11 is 0. The Morgan fingerprint density at radius 1 is 1.15 bits per heavy atom. The molecule has 0 amide bonds. The van der Waals surface area contributed by atoms with Gasteiger partial charge in [0.05, 0.1) is 19.6 Å². The van der Waals surface area contributed by atoms with Gasteiger partial charge >= 0.3 is 11.9 Å². The Morgan fingerprint density at radius 3 is 2.63 bits per heavy atom. The third-order valence-corrected chi connectivity index (χ3v) is 5.49. The summed E-state index contributed by atoms with van der Waals surface area (Å²) < 4.78 is 15.9. The van der Waals surface area contributed by atoms with E-state index in [-0.39, 0.29) is 29.9 Å². The molecule has 150 valence electrons. The van der Waals surface area contributed by atoms with Crippen molar-refractivity contribution >= 4 is 11.9 Å². The molecule has 1 heterocycles. The second kappa shape index (κ2) is 10.5. The largest absolute Gasteiger partial charge is 0.466 e. The van der Waals surface area contributed by atoms with Gasteiger partial charge in [0.2, 0.25) is 0 Å². The van der Waals surface area contributed by atoms with Crippen LogP contribution < -0.4 is 0 Å². The van der Waals surface area contributed by atoms with Crippen LogP contribution in [0.5, 0.6) is 0 Å². The number of rotatable bonds is 3. The van der Waals surface area contributed by atoms with Crippen molar-refractivity contribution in [3.8, 4) is 0 Å². The molecule has 1 aliphatic carbocycles. The van der Waals surface area contributed by atoms with Crippen molar-refractivity contribution in [1.82, 2.24) is 0 Å². The van der Waals surface area contributed by atoms with E-state index in [1.54, 1.807) is 7.11 Å². The number of ether oxygens (including phenoxy) is 3. The molecule has 0 aromatic carbocycles. The van der Waals surface area contributed by atoms with Crippen molar-refractivity contribution in [2.75, 3.05) is 20.8 Å². The third-order valence-electron chi connectivity index (χ3n) is 5.49. The molecular weight excluding hydrogens is 344 g/mol. The lowest BCUT2D eigenvalue weighted by molar-refractivity contribution is -0.145. The minimum atomic E-state index is -0.258. The first-order valence-electron chi connectivity index (χ1n) is 9.74. The number of fused-ring (bicyclic) bond motifs is 1. The molecule has 0 saturated carbocycles. The molecule has 27 heavy (non-hydrogen) atoms. The molecule has 3 atom stereocenters. The summed E-state index contributed by atoms with van der Waals surface area (Å²) in [5, 5.41) is 0. The fourth-order valence-corrected chi connectivity index (χ4v) is 3.90. The lowest BCUT2D eigenvalue weighted by Gasteiger charge is -2.21. The lowest BCUT2D eigenvalue weighted by Crippen LogP contribution is -2.25. The van der Waals surface area contributed by atoms with Gasteiger partial charge in [-0.25, -0.2) is 4.79 Å². The molecule has 5 nitrogen and oxygen atoms in total. The quantitative estimate of drug-likeness (QED) is 0.547. The highest BCUT2D eigenvalue weighted by atomic mass is 16.6. The smallest absolute Gasteiger partial charge is 0.333 e. The predicted molar refractivity (Wildman–Crippen MR) is 104 cm³/mol. The van der Waals surface area contributed by atoms with Crippen LogP contribution in [0.25, 0.3) is 0 Å². The number of hydrogen-bond donors (Lipinski definition) is 0. The molecule has 3 unspecified atom stereocenters. The Balaban J connectivity index is 2.23. The third kappa shape index (κ3) is 6.06. The Hall–Kier alpha value is -1.88. The van der Waals surface area contributed by atoms with E-state index in [1.807, 2.05) is 6.08 Å². The van der Waals surface area contributed by atoms with Gasteiger partial charge in [-0.15, -0.1) is 0 Å². The second-order valence-corrected chi connectivity index (χ2v) is 7.54. The highest BCUT2D eigenvalue weighted by Crippen LogP contribution is 2.36. The van der Waals surface area contributed by atoms with Gasteiger partial charge in [0.15, 0.2) is 0 Å². The fraction of sp³-hybridized carbons (Fsp3) is 0.636. The monoisotopic (exact) mass is 376 g/mol. The molecule has 0 radical (unpaired) electrons.